The number of carbonyl (C=O) groups excluding carboxylic acids is 1. The molecule has 23 heavy (non-hydrogen) atoms. The molecule has 0 aromatic carbocycles. The molecule has 0 bridgehead atoms. The van der Waals surface area contributed by atoms with Crippen LogP contribution in [0.5, 0.6) is 0 Å². The number of amides is 1. The number of H-pyrrole nitrogens is 1. The van der Waals surface area contributed by atoms with Crippen molar-refractivity contribution in [1.29, 1.82) is 5.26 Å². The maximum atomic E-state index is 12.9. The fourth-order valence-electron chi connectivity index (χ4n) is 1.84. The third kappa shape index (κ3) is 3.31. The molecule has 0 spiro atoms. The predicted molar refractivity (Wildman–Crippen MR) is 74.2 cm³/mol. The van der Waals surface area contributed by atoms with E-state index < -0.39 is 28.8 Å². The number of hydrogen-bond acceptors (Lipinski definition) is 4. The first-order valence-electron chi connectivity index (χ1n) is 6.44. The van der Waals surface area contributed by atoms with Gasteiger partial charge < -0.3 is 10.3 Å². The lowest BCUT2D eigenvalue weighted by molar-refractivity contribution is -0.138. The number of anilines is 1. The quantitative estimate of drug-likeness (QED) is 0.908. The summed E-state index contributed by atoms with van der Waals surface area (Å²) in [5.41, 5.74) is -2.72. The van der Waals surface area contributed by atoms with E-state index in [1.807, 2.05) is 0 Å². The lowest BCUT2D eigenvalue weighted by Gasteiger charge is -2.21. The van der Waals surface area contributed by atoms with E-state index in [0.29, 0.717) is 11.8 Å². The van der Waals surface area contributed by atoms with E-state index in [0.717, 1.165) is 6.20 Å². The minimum Gasteiger partial charge on any atom is -0.351 e. The first kappa shape index (κ1) is 16.5. The SMILES string of the molecule is CC(C)(C(=O)Nc1cnc(C#N)c(C(F)(F)F)c1)c1c[nH]cn1. The van der Waals surface area contributed by atoms with Crippen LogP contribution in [0.2, 0.25) is 0 Å². The molecule has 0 atom stereocenters. The monoisotopic (exact) mass is 323 g/mol. The highest BCUT2D eigenvalue weighted by molar-refractivity contribution is 5.98. The number of alkyl halides is 3. The molecule has 120 valence electrons. The van der Waals surface area contributed by atoms with Gasteiger partial charge in [0, 0.05) is 6.20 Å². The van der Waals surface area contributed by atoms with Crippen LogP contribution in [0.15, 0.2) is 24.8 Å². The fourth-order valence-corrected chi connectivity index (χ4v) is 1.84. The minimum absolute atomic E-state index is 0.148. The molecular formula is C14H12F3N5O. The summed E-state index contributed by atoms with van der Waals surface area (Å²) in [7, 11) is 0. The van der Waals surface area contributed by atoms with Crippen molar-refractivity contribution in [2.75, 3.05) is 5.32 Å². The topological polar surface area (TPSA) is 94.5 Å². The summed E-state index contributed by atoms with van der Waals surface area (Å²) in [4.78, 5) is 22.4. The first-order chi connectivity index (χ1) is 10.7. The Hall–Kier alpha value is -2.89. The number of carbonyl (C=O) groups is 1. The third-order valence-corrected chi connectivity index (χ3v) is 3.26. The third-order valence-electron chi connectivity index (χ3n) is 3.26. The number of nitrogens with one attached hydrogen (secondary N) is 2. The zero-order chi connectivity index (χ0) is 17.3. The van der Waals surface area contributed by atoms with Gasteiger partial charge in [-0.25, -0.2) is 9.97 Å². The van der Waals surface area contributed by atoms with Crippen molar-refractivity contribution in [3.05, 3.63) is 41.7 Å². The smallest absolute Gasteiger partial charge is 0.351 e. The van der Waals surface area contributed by atoms with Gasteiger partial charge in [-0.05, 0) is 19.9 Å². The maximum absolute atomic E-state index is 12.9. The van der Waals surface area contributed by atoms with Crippen LogP contribution in [-0.2, 0) is 16.4 Å². The molecule has 0 aliphatic heterocycles. The van der Waals surface area contributed by atoms with E-state index in [9.17, 15) is 18.0 Å². The Labute approximate surface area is 129 Å². The van der Waals surface area contributed by atoms with Crippen LogP contribution in [0.25, 0.3) is 0 Å². The van der Waals surface area contributed by atoms with Crippen molar-refractivity contribution in [1.82, 2.24) is 15.0 Å². The van der Waals surface area contributed by atoms with Gasteiger partial charge >= 0.3 is 6.18 Å². The van der Waals surface area contributed by atoms with Gasteiger partial charge in [0.15, 0.2) is 5.69 Å². The van der Waals surface area contributed by atoms with E-state index in [-0.39, 0.29) is 5.69 Å². The van der Waals surface area contributed by atoms with Gasteiger partial charge in [0.1, 0.15) is 6.07 Å². The van der Waals surface area contributed by atoms with Gasteiger partial charge in [-0.1, -0.05) is 0 Å². The zero-order valence-corrected chi connectivity index (χ0v) is 12.2. The highest BCUT2D eigenvalue weighted by Gasteiger charge is 2.36. The Kier molecular flexibility index (Phi) is 4.10. The standard InChI is InChI=1S/C14H12F3N5O/c1-13(2,11-6-19-7-21-11)12(23)22-8-3-9(14(15,16)17)10(4-18)20-5-8/h3,5-7H,1-2H3,(H,19,21)(H,22,23). The lowest BCUT2D eigenvalue weighted by atomic mass is 9.88. The molecule has 0 saturated heterocycles. The molecule has 0 aliphatic carbocycles. The molecule has 9 heteroatoms. The number of rotatable bonds is 3. The molecule has 2 aromatic heterocycles. The Morgan fingerprint density at radius 3 is 2.57 bits per heavy atom. The van der Waals surface area contributed by atoms with E-state index in [1.54, 1.807) is 13.8 Å². The van der Waals surface area contributed by atoms with Crippen LogP contribution in [0, 0.1) is 11.3 Å². The van der Waals surface area contributed by atoms with Crippen LogP contribution in [0.3, 0.4) is 0 Å². The summed E-state index contributed by atoms with van der Waals surface area (Å²) in [6.45, 7) is 3.17. The average Bonchev–Trinajstić information content (AvgIpc) is 3.01. The molecule has 0 saturated carbocycles. The van der Waals surface area contributed by atoms with Crippen LogP contribution >= 0.6 is 0 Å². The average molecular weight is 323 g/mol. The highest BCUT2D eigenvalue weighted by atomic mass is 19.4. The Bertz CT molecular complexity index is 760. The number of pyridine rings is 1. The summed E-state index contributed by atoms with van der Waals surface area (Å²) in [6, 6.07) is 2.06. The number of halogens is 3. The molecule has 0 aliphatic rings. The van der Waals surface area contributed by atoms with Crippen molar-refractivity contribution in [3.63, 3.8) is 0 Å². The molecule has 2 rings (SSSR count). The first-order valence-corrected chi connectivity index (χ1v) is 6.44. The molecule has 1 amide bonds. The second kappa shape index (κ2) is 5.72. The second-order valence-corrected chi connectivity index (χ2v) is 5.26. The van der Waals surface area contributed by atoms with Crippen molar-refractivity contribution in [2.24, 2.45) is 0 Å². The fraction of sp³-hybridized carbons (Fsp3) is 0.286. The second-order valence-electron chi connectivity index (χ2n) is 5.26. The molecule has 0 unspecified atom stereocenters. The lowest BCUT2D eigenvalue weighted by Crippen LogP contribution is -2.35. The van der Waals surface area contributed by atoms with Crippen LogP contribution < -0.4 is 5.32 Å². The molecule has 2 aromatic rings. The van der Waals surface area contributed by atoms with Crippen LogP contribution in [0.1, 0.15) is 30.8 Å². The van der Waals surface area contributed by atoms with Crippen molar-refractivity contribution >= 4 is 11.6 Å². The molecule has 0 radical (unpaired) electrons. The van der Waals surface area contributed by atoms with E-state index in [1.165, 1.54) is 18.6 Å². The number of hydrogen-bond donors (Lipinski definition) is 2. The van der Waals surface area contributed by atoms with Crippen LogP contribution in [-0.4, -0.2) is 20.9 Å². The van der Waals surface area contributed by atoms with Crippen molar-refractivity contribution in [2.45, 2.75) is 25.4 Å². The predicted octanol–water partition coefficient (Wildman–Crippen LogP) is 2.61. The number of aromatic nitrogens is 3. The zero-order valence-electron chi connectivity index (χ0n) is 12.2. The number of nitriles is 1. The van der Waals surface area contributed by atoms with Crippen molar-refractivity contribution in [3.8, 4) is 6.07 Å². The van der Waals surface area contributed by atoms with Gasteiger partial charge in [0.25, 0.3) is 0 Å². The van der Waals surface area contributed by atoms with Gasteiger partial charge in [-0.2, -0.15) is 18.4 Å². The molecule has 2 heterocycles. The maximum Gasteiger partial charge on any atom is 0.419 e. The molecular weight excluding hydrogens is 311 g/mol. The van der Waals surface area contributed by atoms with E-state index in [2.05, 4.69) is 20.3 Å². The largest absolute Gasteiger partial charge is 0.419 e. The Balaban J connectivity index is 2.31. The molecule has 0 fully saturated rings. The van der Waals surface area contributed by atoms with Gasteiger partial charge in [0.05, 0.1) is 34.9 Å². The van der Waals surface area contributed by atoms with Gasteiger partial charge in [-0.15, -0.1) is 0 Å². The van der Waals surface area contributed by atoms with Gasteiger partial charge in [0.2, 0.25) is 5.91 Å². The summed E-state index contributed by atoms with van der Waals surface area (Å²) in [5.74, 6) is -0.552. The molecule has 2 N–H and O–H groups in total. The summed E-state index contributed by atoms with van der Waals surface area (Å²) < 4.78 is 38.7. The minimum atomic E-state index is -4.74. The van der Waals surface area contributed by atoms with E-state index >= 15 is 0 Å². The number of imidazole rings is 1. The molecule has 6 nitrogen and oxygen atoms in total. The van der Waals surface area contributed by atoms with E-state index in [4.69, 9.17) is 5.26 Å². The Morgan fingerprint density at radius 2 is 2.04 bits per heavy atom. The summed E-state index contributed by atoms with van der Waals surface area (Å²) >= 11 is 0. The summed E-state index contributed by atoms with van der Waals surface area (Å²) in [6.07, 6.45) is -0.810. The van der Waals surface area contributed by atoms with Crippen molar-refractivity contribution < 1.29 is 18.0 Å². The Morgan fingerprint density at radius 1 is 1.35 bits per heavy atom. The highest BCUT2D eigenvalue weighted by Crippen LogP contribution is 2.33. The number of aromatic amines is 1. The van der Waals surface area contributed by atoms with Crippen LogP contribution in [0.4, 0.5) is 18.9 Å². The summed E-state index contributed by atoms with van der Waals surface area (Å²) in [5, 5.41) is 11.1. The number of nitrogens with zero attached hydrogens (tertiary/aromatic N) is 3. The normalized spacial score (nSPS) is 11.8. The van der Waals surface area contributed by atoms with Gasteiger partial charge in [-0.3, -0.25) is 4.79 Å².